The number of carbonyl (C=O) groups is 1. The molecule has 1 atom stereocenters. The fraction of sp³-hybridized carbons (Fsp3) is 0.471. The lowest BCUT2D eigenvalue weighted by Gasteiger charge is -2.12. The summed E-state index contributed by atoms with van der Waals surface area (Å²) in [7, 11) is 0. The molecule has 0 saturated carbocycles. The molecule has 1 fully saturated rings. The highest BCUT2D eigenvalue weighted by Crippen LogP contribution is 2.24. The van der Waals surface area contributed by atoms with Gasteiger partial charge < -0.3 is 4.74 Å². The molecule has 1 unspecified atom stereocenters. The highest BCUT2D eigenvalue weighted by molar-refractivity contribution is 7.99. The Labute approximate surface area is 140 Å². The number of nitrogens with zero attached hydrogens (tertiary/aromatic N) is 3. The highest BCUT2D eigenvalue weighted by atomic mass is 32.2. The van der Waals surface area contributed by atoms with E-state index in [9.17, 15) is 4.79 Å². The summed E-state index contributed by atoms with van der Waals surface area (Å²) in [6.45, 7) is 6.13. The van der Waals surface area contributed by atoms with Gasteiger partial charge in [0.2, 0.25) is 0 Å². The van der Waals surface area contributed by atoms with Crippen LogP contribution in [0.2, 0.25) is 0 Å². The SMILES string of the molecule is Cc1nc(C(=O)OC2CCSC2)nn1-c1ccccc1C(C)C. The molecule has 1 aliphatic rings. The number of para-hydroxylation sites is 1. The van der Waals surface area contributed by atoms with Gasteiger partial charge in [0, 0.05) is 5.75 Å². The van der Waals surface area contributed by atoms with E-state index in [0.717, 1.165) is 23.6 Å². The van der Waals surface area contributed by atoms with Gasteiger partial charge in [-0.15, -0.1) is 5.10 Å². The number of rotatable bonds is 4. The molecule has 1 aromatic heterocycles. The number of aromatic nitrogens is 3. The van der Waals surface area contributed by atoms with Crippen molar-refractivity contribution >= 4 is 17.7 Å². The normalized spacial score (nSPS) is 17.7. The lowest BCUT2D eigenvalue weighted by Crippen LogP contribution is -2.18. The third kappa shape index (κ3) is 3.42. The van der Waals surface area contributed by atoms with E-state index in [1.165, 1.54) is 5.56 Å². The van der Waals surface area contributed by atoms with Crippen LogP contribution in [0.4, 0.5) is 0 Å². The van der Waals surface area contributed by atoms with Crippen molar-refractivity contribution in [1.82, 2.24) is 14.8 Å². The lowest BCUT2D eigenvalue weighted by atomic mass is 10.0. The number of hydrogen-bond donors (Lipinski definition) is 0. The van der Waals surface area contributed by atoms with Crippen molar-refractivity contribution in [1.29, 1.82) is 0 Å². The Balaban J connectivity index is 1.88. The van der Waals surface area contributed by atoms with Crippen LogP contribution in [-0.2, 0) is 4.74 Å². The number of aryl methyl sites for hydroxylation is 1. The van der Waals surface area contributed by atoms with Crippen LogP contribution >= 0.6 is 11.8 Å². The first-order valence-corrected chi connectivity index (χ1v) is 9.03. The predicted molar refractivity (Wildman–Crippen MR) is 91.3 cm³/mol. The molecular formula is C17H21N3O2S. The lowest BCUT2D eigenvalue weighted by molar-refractivity contribution is 0.0342. The van der Waals surface area contributed by atoms with E-state index in [1.807, 2.05) is 25.1 Å². The van der Waals surface area contributed by atoms with Crippen molar-refractivity contribution in [2.24, 2.45) is 0 Å². The van der Waals surface area contributed by atoms with Gasteiger partial charge in [-0.1, -0.05) is 32.0 Å². The summed E-state index contributed by atoms with van der Waals surface area (Å²) in [5, 5.41) is 4.39. The van der Waals surface area contributed by atoms with E-state index in [0.29, 0.717) is 11.7 Å². The minimum absolute atomic E-state index is 0.0114. The van der Waals surface area contributed by atoms with Gasteiger partial charge >= 0.3 is 5.97 Å². The molecule has 0 bridgehead atoms. The second-order valence-electron chi connectivity index (χ2n) is 6.00. The Morgan fingerprint density at radius 2 is 2.17 bits per heavy atom. The Kier molecular flexibility index (Phi) is 4.71. The van der Waals surface area contributed by atoms with Crippen LogP contribution in [0, 0.1) is 6.92 Å². The summed E-state index contributed by atoms with van der Waals surface area (Å²) in [6, 6.07) is 8.06. The number of carbonyl (C=O) groups excluding carboxylic acids is 1. The Hall–Kier alpha value is -1.82. The fourth-order valence-corrected chi connectivity index (χ4v) is 3.78. The maximum Gasteiger partial charge on any atom is 0.378 e. The predicted octanol–water partition coefficient (Wildman–Crippen LogP) is 3.36. The molecule has 0 N–H and O–H groups in total. The summed E-state index contributed by atoms with van der Waals surface area (Å²) >= 11 is 1.81. The summed E-state index contributed by atoms with van der Waals surface area (Å²) < 4.78 is 7.21. The molecule has 1 saturated heterocycles. The first kappa shape index (κ1) is 16.1. The topological polar surface area (TPSA) is 57.0 Å². The molecule has 0 aliphatic carbocycles. The third-order valence-electron chi connectivity index (χ3n) is 3.90. The zero-order chi connectivity index (χ0) is 16.4. The van der Waals surface area contributed by atoms with Crippen molar-refractivity contribution in [3.05, 3.63) is 41.5 Å². The molecule has 3 rings (SSSR count). The van der Waals surface area contributed by atoms with Crippen LogP contribution in [0.15, 0.2) is 24.3 Å². The number of esters is 1. The van der Waals surface area contributed by atoms with Crippen LogP contribution in [0.5, 0.6) is 0 Å². The van der Waals surface area contributed by atoms with Gasteiger partial charge in [-0.05, 0) is 36.6 Å². The van der Waals surface area contributed by atoms with E-state index >= 15 is 0 Å². The van der Waals surface area contributed by atoms with E-state index in [2.05, 4.69) is 30.0 Å². The Morgan fingerprint density at radius 3 is 2.87 bits per heavy atom. The molecule has 23 heavy (non-hydrogen) atoms. The number of ether oxygens (including phenoxy) is 1. The van der Waals surface area contributed by atoms with Gasteiger partial charge in [0.1, 0.15) is 11.9 Å². The molecule has 2 aromatic rings. The average Bonchev–Trinajstić information content (AvgIpc) is 3.16. The quantitative estimate of drug-likeness (QED) is 0.804. The number of hydrogen-bond acceptors (Lipinski definition) is 5. The molecule has 5 nitrogen and oxygen atoms in total. The minimum atomic E-state index is -0.429. The maximum atomic E-state index is 12.2. The van der Waals surface area contributed by atoms with Crippen LogP contribution in [-0.4, -0.2) is 38.3 Å². The van der Waals surface area contributed by atoms with Crippen molar-refractivity contribution in [3.63, 3.8) is 0 Å². The first-order valence-electron chi connectivity index (χ1n) is 7.88. The Bertz CT molecular complexity index is 706. The summed E-state index contributed by atoms with van der Waals surface area (Å²) in [5.41, 5.74) is 2.13. The molecule has 1 aromatic carbocycles. The summed E-state index contributed by atoms with van der Waals surface area (Å²) in [4.78, 5) is 16.5. The van der Waals surface area contributed by atoms with Gasteiger partial charge in [0.25, 0.3) is 5.82 Å². The molecule has 0 spiro atoms. The van der Waals surface area contributed by atoms with Gasteiger partial charge in [-0.25, -0.2) is 14.5 Å². The molecule has 6 heteroatoms. The van der Waals surface area contributed by atoms with Crippen molar-refractivity contribution in [2.75, 3.05) is 11.5 Å². The van der Waals surface area contributed by atoms with E-state index < -0.39 is 5.97 Å². The smallest absolute Gasteiger partial charge is 0.378 e. The Morgan fingerprint density at radius 1 is 1.39 bits per heavy atom. The highest BCUT2D eigenvalue weighted by Gasteiger charge is 2.24. The van der Waals surface area contributed by atoms with Crippen molar-refractivity contribution in [3.8, 4) is 5.69 Å². The van der Waals surface area contributed by atoms with E-state index in [4.69, 9.17) is 4.74 Å². The van der Waals surface area contributed by atoms with Crippen LogP contribution in [0.1, 0.15) is 48.2 Å². The first-order chi connectivity index (χ1) is 11.1. The second kappa shape index (κ2) is 6.74. The van der Waals surface area contributed by atoms with Gasteiger partial charge in [-0.2, -0.15) is 11.8 Å². The number of thioether (sulfide) groups is 1. The van der Waals surface area contributed by atoms with E-state index in [1.54, 1.807) is 16.4 Å². The molecule has 0 radical (unpaired) electrons. The van der Waals surface area contributed by atoms with E-state index in [-0.39, 0.29) is 11.9 Å². The zero-order valence-corrected chi connectivity index (χ0v) is 14.5. The second-order valence-corrected chi connectivity index (χ2v) is 7.15. The summed E-state index contributed by atoms with van der Waals surface area (Å²) in [5.74, 6) is 2.66. The largest absolute Gasteiger partial charge is 0.456 e. The molecule has 0 amide bonds. The maximum absolute atomic E-state index is 12.2. The standard InChI is InChI=1S/C17H21N3O2S/c1-11(2)14-6-4-5-7-15(14)20-12(3)18-16(19-20)17(21)22-13-8-9-23-10-13/h4-7,11,13H,8-10H2,1-3H3. The van der Waals surface area contributed by atoms with Crippen LogP contribution < -0.4 is 0 Å². The van der Waals surface area contributed by atoms with Gasteiger partial charge in [0.05, 0.1) is 5.69 Å². The summed E-state index contributed by atoms with van der Waals surface area (Å²) in [6.07, 6.45) is 0.898. The van der Waals surface area contributed by atoms with Crippen LogP contribution in [0.3, 0.4) is 0 Å². The van der Waals surface area contributed by atoms with Crippen molar-refractivity contribution < 1.29 is 9.53 Å². The van der Waals surface area contributed by atoms with Gasteiger partial charge in [-0.3, -0.25) is 0 Å². The fourth-order valence-electron chi connectivity index (χ4n) is 2.68. The molecule has 2 heterocycles. The number of benzene rings is 1. The molecule has 1 aliphatic heterocycles. The average molecular weight is 331 g/mol. The van der Waals surface area contributed by atoms with Crippen LogP contribution in [0.25, 0.3) is 5.69 Å². The van der Waals surface area contributed by atoms with Crippen molar-refractivity contribution in [2.45, 2.75) is 39.2 Å². The monoisotopic (exact) mass is 331 g/mol. The molecular weight excluding hydrogens is 310 g/mol. The zero-order valence-electron chi connectivity index (χ0n) is 13.7. The van der Waals surface area contributed by atoms with Gasteiger partial charge in [0.15, 0.2) is 0 Å². The third-order valence-corrected chi connectivity index (χ3v) is 5.03. The molecule has 122 valence electrons. The minimum Gasteiger partial charge on any atom is -0.456 e.